The predicted molar refractivity (Wildman–Crippen MR) is 79.5 cm³/mol. The molecule has 1 fully saturated rings. The Hall–Kier alpha value is -0.970. The molecule has 2 atom stereocenters. The molecule has 4 nitrogen and oxygen atoms in total. The molecule has 2 heterocycles. The van der Waals surface area contributed by atoms with Crippen molar-refractivity contribution in [3.63, 3.8) is 0 Å². The maximum absolute atomic E-state index is 6.27. The average molecular weight is 297 g/mol. The van der Waals surface area contributed by atoms with Crippen LogP contribution in [0.3, 0.4) is 0 Å². The van der Waals surface area contributed by atoms with Gasteiger partial charge < -0.3 is 15.2 Å². The van der Waals surface area contributed by atoms with Gasteiger partial charge in [-0.25, -0.2) is 0 Å². The van der Waals surface area contributed by atoms with Gasteiger partial charge in [-0.05, 0) is 36.6 Å². The Kier molecular flexibility index (Phi) is 4.06. The number of nitrogens with two attached hydrogens (primary N) is 1. The molecule has 0 aromatic heterocycles. The minimum absolute atomic E-state index is 0.261. The number of hydrogen-bond acceptors (Lipinski definition) is 4. The second kappa shape index (κ2) is 5.80. The monoisotopic (exact) mass is 296 g/mol. The van der Waals surface area contributed by atoms with Crippen LogP contribution in [-0.4, -0.2) is 37.2 Å². The van der Waals surface area contributed by atoms with E-state index in [2.05, 4.69) is 11.8 Å². The van der Waals surface area contributed by atoms with Crippen LogP contribution in [-0.2, 0) is 6.54 Å². The van der Waals surface area contributed by atoms with Gasteiger partial charge in [-0.15, -0.1) is 0 Å². The molecule has 0 radical (unpaired) electrons. The molecule has 0 saturated carbocycles. The van der Waals surface area contributed by atoms with Crippen molar-refractivity contribution in [3.05, 3.63) is 22.7 Å². The average Bonchev–Trinajstić information content (AvgIpc) is 2.43. The molecule has 20 heavy (non-hydrogen) atoms. The van der Waals surface area contributed by atoms with Crippen LogP contribution in [0.15, 0.2) is 12.1 Å². The predicted octanol–water partition coefficient (Wildman–Crippen LogP) is 2.28. The lowest BCUT2D eigenvalue weighted by atomic mass is 9.94. The van der Waals surface area contributed by atoms with Crippen molar-refractivity contribution in [2.75, 3.05) is 26.3 Å². The van der Waals surface area contributed by atoms with Crippen LogP contribution in [0, 0.1) is 5.92 Å². The van der Waals surface area contributed by atoms with Gasteiger partial charge in [0.2, 0.25) is 0 Å². The van der Waals surface area contributed by atoms with E-state index in [1.54, 1.807) is 0 Å². The lowest BCUT2D eigenvalue weighted by Gasteiger charge is -2.35. The molecule has 0 aliphatic carbocycles. The first-order valence-corrected chi connectivity index (χ1v) is 7.57. The van der Waals surface area contributed by atoms with Gasteiger partial charge in [-0.1, -0.05) is 18.5 Å². The number of hydrogen-bond donors (Lipinski definition) is 1. The summed E-state index contributed by atoms with van der Waals surface area (Å²) < 4.78 is 11.2. The van der Waals surface area contributed by atoms with Crippen LogP contribution < -0.4 is 15.2 Å². The van der Waals surface area contributed by atoms with Crippen molar-refractivity contribution in [3.8, 4) is 11.5 Å². The standard InChI is InChI=1S/C15H21ClN2O2/c1-10-2-3-18(9-13(10)17)8-11-6-12(16)15-14(7-11)19-4-5-20-15/h6-7,10,13H,2-5,8-9,17H2,1H3. The second-order valence-electron chi connectivity index (χ2n) is 5.77. The Morgan fingerprint density at radius 1 is 1.35 bits per heavy atom. The first-order valence-electron chi connectivity index (χ1n) is 7.19. The lowest BCUT2D eigenvalue weighted by Crippen LogP contribution is -2.47. The summed E-state index contributed by atoms with van der Waals surface area (Å²) in [5.41, 5.74) is 7.30. The smallest absolute Gasteiger partial charge is 0.179 e. The number of piperidine rings is 1. The van der Waals surface area contributed by atoms with E-state index >= 15 is 0 Å². The highest BCUT2D eigenvalue weighted by Crippen LogP contribution is 2.38. The zero-order valence-electron chi connectivity index (χ0n) is 11.8. The maximum Gasteiger partial charge on any atom is 0.179 e. The van der Waals surface area contributed by atoms with Gasteiger partial charge >= 0.3 is 0 Å². The number of benzene rings is 1. The molecule has 5 heteroatoms. The van der Waals surface area contributed by atoms with Crippen molar-refractivity contribution in [1.29, 1.82) is 0 Å². The van der Waals surface area contributed by atoms with E-state index < -0.39 is 0 Å². The molecule has 110 valence electrons. The zero-order chi connectivity index (χ0) is 14.1. The molecule has 2 aliphatic heterocycles. The van der Waals surface area contributed by atoms with Gasteiger partial charge in [0, 0.05) is 19.1 Å². The minimum Gasteiger partial charge on any atom is -0.486 e. The van der Waals surface area contributed by atoms with Gasteiger partial charge in [0.25, 0.3) is 0 Å². The number of likely N-dealkylation sites (tertiary alicyclic amines) is 1. The Bertz CT molecular complexity index is 495. The van der Waals surface area contributed by atoms with E-state index in [0.29, 0.717) is 29.9 Å². The highest BCUT2D eigenvalue weighted by molar-refractivity contribution is 6.32. The molecule has 1 aromatic carbocycles. The molecule has 1 aromatic rings. The highest BCUT2D eigenvalue weighted by Gasteiger charge is 2.24. The molecule has 2 unspecified atom stereocenters. The number of rotatable bonds is 2. The van der Waals surface area contributed by atoms with Gasteiger partial charge in [0.15, 0.2) is 11.5 Å². The number of halogens is 1. The summed E-state index contributed by atoms with van der Waals surface area (Å²) in [4.78, 5) is 2.38. The van der Waals surface area contributed by atoms with E-state index in [4.69, 9.17) is 26.8 Å². The fourth-order valence-electron chi connectivity index (χ4n) is 2.83. The third kappa shape index (κ3) is 2.87. The fraction of sp³-hybridized carbons (Fsp3) is 0.600. The van der Waals surface area contributed by atoms with Crippen molar-refractivity contribution >= 4 is 11.6 Å². The van der Waals surface area contributed by atoms with Crippen molar-refractivity contribution < 1.29 is 9.47 Å². The Morgan fingerprint density at radius 3 is 2.95 bits per heavy atom. The number of nitrogens with zero attached hydrogens (tertiary/aromatic N) is 1. The maximum atomic E-state index is 6.27. The molecule has 2 N–H and O–H groups in total. The summed E-state index contributed by atoms with van der Waals surface area (Å²) in [6.07, 6.45) is 1.15. The van der Waals surface area contributed by atoms with Gasteiger partial charge in [-0.3, -0.25) is 4.90 Å². The van der Waals surface area contributed by atoms with Gasteiger partial charge in [0.05, 0.1) is 5.02 Å². The first kappa shape index (κ1) is 14.0. The first-order chi connectivity index (χ1) is 9.63. The highest BCUT2D eigenvalue weighted by atomic mass is 35.5. The van der Waals surface area contributed by atoms with Crippen LogP contribution >= 0.6 is 11.6 Å². The second-order valence-corrected chi connectivity index (χ2v) is 6.17. The normalized spacial score (nSPS) is 26.6. The molecule has 0 bridgehead atoms. The zero-order valence-corrected chi connectivity index (χ0v) is 12.5. The van der Waals surface area contributed by atoms with Crippen LogP contribution in [0.1, 0.15) is 18.9 Å². The fourth-order valence-corrected chi connectivity index (χ4v) is 3.11. The molecular weight excluding hydrogens is 276 g/mol. The van der Waals surface area contributed by atoms with E-state index in [-0.39, 0.29) is 6.04 Å². The van der Waals surface area contributed by atoms with Gasteiger partial charge in [-0.2, -0.15) is 0 Å². The summed E-state index contributed by atoms with van der Waals surface area (Å²) in [7, 11) is 0. The third-order valence-electron chi connectivity index (χ3n) is 4.16. The summed E-state index contributed by atoms with van der Waals surface area (Å²) in [6, 6.07) is 4.26. The molecule has 0 amide bonds. The summed E-state index contributed by atoms with van der Waals surface area (Å²) in [5.74, 6) is 2.04. The van der Waals surface area contributed by atoms with E-state index in [1.807, 2.05) is 12.1 Å². The molecule has 0 spiro atoms. The SMILES string of the molecule is CC1CCN(Cc2cc(Cl)c3c(c2)OCCO3)CC1N. The molecule has 1 saturated heterocycles. The summed E-state index contributed by atoms with van der Waals surface area (Å²) >= 11 is 6.27. The van der Waals surface area contributed by atoms with Crippen LogP contribution in [0.4, 0.5) is 0 Å². The molecule has 3 rings (SSSR count). The van der Waals surface area contributed by atoms with Crippen molar-refractivity contribution in [2.45, 2.75) is 25.9 Å². The third-order valence-corrected chi connectivity index (χ3v) is 4.44. The van der Waals surface area contributed by atoms with Gasteiger partial charge in [0.1, 0.15) is 13.2 Å². The van der Waals surface area contributed by atoms with E-state index in [9.17, 15) is 0 Å². The van der Waals surface area contributed by atoms with E-state index in [1.165, 1.54) is 0 Å². The Morgan fingerprint density at radius 2 is 2.15 bits per heavy atom. The molecular formula is C15H21ClN2O2. The van der Waals surface area contributed by atoms with Crippen molar-refractivity contribution in [2.24, 2.45) is 11.7 Å². The molecule has 2 aliphatic rings. The largest absolute Gasteiger partial charge is 0.486 e. The quantitative estimate of drug-likeness (QED) is 0.909. The summed E-state index contributed by atoms with van der Waals surface area (Å²) in [5, 5.41) is 0.631. The topological polar surface area (TPSA) is 47.7 Å². The van der Waals surface area contributed by atoms with Crippen LogP contribution in [0.5, 0.6) is 11.5 Å². The lowest BCUT2D eigenvalue weighted by molar-refractivity contribution is 0.159. The van der Waals surface area contributed by atoms with Crippen LogP contribution in [0.2, 0.25) is 5.02 Å². The Balaban J connectivity index is 1.73. The van der Waals surface area contributed by atoms with E-state index in [0.717, 1.165) is 37.4 Å². The Labute approximate surface area is 124 Å². The number of fused-ring (bicyclic) bond motifs is 1. The van der Waals surface area contributed by atoms with Crippen LogP contribution in [0.25, 0.3) is 0 Å². The van der Waals surface area contributed by atoms with Crippen molar-refractivity contribution in [1.82, 2.24) is 4.90 Å². The summed E-state index contributed by atoms with van der Waals surface area (Å²) in [6.45, 7) is 6.25. The number of ether oxygens (including phenoxy) is 2. The minimum atomic E-state index is 0.261.